The van der Waals surface area contributed by atoms with Gasteiger partial charge < -0.3 is 10.6 Å². The smallest absolute Gasteiger partial charge is 0.233 e. The van der Waals surface area contributed by atoms with Crippen LogP contribution >= 0.6 is 0 Å². The number of benzene rings is 1. The summed E-state index contributed by atoms with van der Waals surface area (Å²) in [5.74, 6) is 0.262. The molecule has 1 amide bonds. The average Bonchev–Trinajstić information content (AvgIpc) is 3.19. The van der Waals surface area contributed by atoms with Crippen molar-refractivity contribution in [3.8, 4) is 0 Å². The first-order valence-electron chi connectivity index (χ1n) is 7.14. The van der Waals surface area contributed by atoms with Gasteiger partial charge in [0.2, 0.25) is 5.91 Å². The summed E-state index contributed by atoms with van der Waals surface area (Å²) in [5.41, 5.74) is 7.31. The summed E-state index contributed by atoms with van der Waals surface area (Å²) >= 11 is 0. The lowest BCUT2D eigenvalue weighted by atomic mass is 9.93. The van der Waals surface area contributed by atoms with Crippen LogP contribution in [0.2, 0.25) is 0 Å². The van der Waals surface area contributed by atoms with Gasteiger partial charge in [-0.05, 0) is 43.9 Å². The highest BCUT2D eigenvalue weighted by atomic mass is 16.2. The van der Waals surface area contributed by atoms with Crippen LogP contribution in [0.4, 0.5) is 5.69 Å². The molecule has 104 valence electrons. The number of rotatable bonds is 5. The maximum absolute atomic E-state index is 12.7. The third-order valence-electron chi connectivity index (χ3n) is 4.31. The number of nitrogen functional groups attached to an aromatic ring is 1. The minimum Gasteiger partial charge on any atom is -0.399 e. The van der Waals surface area contributed by atoms with Crippen molar-refractivity contribution in [3.63, 3.8) is 0 Å². The summed E-state index contributed by atoms with van der Waals surface area (Å²) in [7, 11) is 1.93. The molecule has 0 saturated heterocycles. The molecule has 2 rings (SSSR count). The van der Waals surface area contributed by atoms with Crippen LogP contribution in [0.15, 0.2) is 24.3 Å². The van der Waals surface area contributed by atoms with Gasteiger partial charge in [-0.1, -0.05) is 25.5 Å². The van der Waals surface area contributed by atoms with E-state index in [1.165, 1.54) is 0 Å². The molecule has 0 aromatic heterocycles. The van der Waals surface area contributed by atoms with Crippen LogP contribution in [0, 0.1) is 0 Å². The molecule has 1 aliphatic carbocycles. The van der Waals surface area contributed by atoms with E-state index in [0.717, 1.165) is 36.9 Å². The van der Waals surface area contributed by atoms with Crippen molar-refractivity contribution in [2.75, 3.05) is 12.8 Å². The Morgan fingerprint density at radius 2 is 1.95 bits per heavy atom. The Bertz CT molecular complexity index is 448. The molecule has 0 spiro atoms. The fourth-order valence-electron chi connectivity index (χ4n) is 2.70. The highest BCUT2D eigenvalue weighted by molar-refractivity contribution is 5.91. The maximum Gasteiger partial charge on any atom is 0.233 e. The van der Waals surface area contributed by atoms with Crippen molar-refractivity contribution in [1.29, 1.82) is 0 Å². The van der Waals surface area contributed by atoms with Gasteiger partial charge in [-0.2, -0.15) is 0 Å². The summed E-state index contributed by atoms with van der Waals surface area (Å²) in [4.78, 5) is 14.6. The van der Waals surface area contributed by atoms with Crippen molar-refractivity contribution in [2.24, 2.45) is 0 Å². The molecule has 1 aromatic rings. The number of anilines is 1. The van der Waals surface area contributed by atoms with Gasteiger partial charge in [0, 0.05) is 18.8 Å². The Hall–Kier alpha value is -1.51. The number of likely N-dealkylation sites (N-methyl/N-ethyl adjacent to an activating group) is 1. The normalized spacial score (nSPS) is 17.8. The molecule has 3 nitrogen and oxygen atoms in total. The highest BCUT2D eigenvalue weighted by Crippen LogP contribution is 2.49. The van der Waals surface area contributed by atoms with Crippen LogP contribution in [0.3, 0.4) is 0 Å². The zero-order valence-corrected chi connectivity index (χ0v) is 12.1. The number of amides is 1. The molecular formula is C16H24N2O. The van der Waals surface area contributed by atoms with Gasteiger partial charge in [0.1, 0.15) is 0 Å². The quantitative estimate of drug-likeness (QED) is 0.827. The number of carbonyl (C=O) groups is 1. The number of nitrogens with two attached hydrogens (primary N) is 1. The molecule has 1 aromatic carbocycles. The summed E-state index contributed by atoms with van der Waals surface area (Å²) in [6.45, 7) is 4.28. The van der Waals surface area contributed by atoms with E-state index in [4.69, 9.17) is 5.73 Å². The van der Waals surface area contributed by atoms with Gasteiger partial charge in [-0.3, -0.25) is 4.79 Å². The first-order valence-corrected chi connectivity index (χ1v) is 7.14. The van der Waals surface area contributed by atoms with Gasteiger partial charge in [0.15, 0.2) is 0 Å². The van der Waals surface area contributed by atoms with Crippen LogP contribution in [-0.4, -0.2) is 23.9 Å². The lowest BCUT2D eigenvalue weighted by molar-refractivity contribution is -0.134. The molecule has 0 heterocycles. The van der Waals surface area contributed by atoms with E-state index in [1.54, 1.807) is 0 Å². The molecule has 0 bridgehead atoms. The largest absolute Gasteiger partial charge is 0.399 e. The van der Waals surface area contributed by atoms with Crippen LogP contribution in [0.25, 0.3) is 0 Å². The standard InChI is InChI=1S/C16H24N2O/c1-4-5-12(2)18(3)15(19)16(10-11-16)13-6-8-14(17)9-7-13/h6-9,12H,4-5,10-11,17H2,1-3H3. The van der Waals surface area contributed by atoms with Crippen LogP contribution in [0.1, 0.15) is 45.1 Å². The molecule has 0 radical (unpaired) electrons. The summed E-state index contributed by atoms with van der Waals surface area (Å²) in [6, 6.07) is 8.08. The van der Waals surface area contributed by atoms with E-state index in [9.17, 15) is 4.79 Å². The minimum atomic E-state index is -0.273. The predicted octanol–water partition coefficient (Wildman–Crippen LogP) is 2.95. The van der Waals surface area contributed by atoms with E-state index < -0.39 is 0 Å². The maximum atomic E-state index is 12.7. The second kappa shape index (κ2) is 5.24. The molecule has 1 saturated carbocycles. The average molecular weight is 260 g/mol. The van der Waals surface area contributed by atoms with Crippen molar-refractivity contribution in [1.82, 2.24) is 4.90 Å². The Morgan fingerprint density at radius 1 is 1.37 bits per heavy atom. The number of carbonyl (C=O) groups excluding carboxylic acids is 1. The molecule has 1 unspecified atom stereocenters. The Kier molecular flexibility index (Phi) is 3.83. The second-order valence-corrected chi connectivity index (χ2v) is 5.76. The van der Waals surface area contributed by atoms with Gasteiger partial charge in [-0.25, -0.2) is 0 Å². The molecule has 19 heavy (non-hydrogen) atoms. The second-order valence-electron chi connectivity index (χ2n) is 5.76. The molecule has 3 heteroatoms. The van der Waals surface area contributed by atoms with Crippen molar-refractivity contribution in [2.45, 2.75) is 51.0 Å². The SMILES string of the molecule is CCCC(C)N(C)C(=O)C1(c2ccc(N)cc2)CC1. The third kappa shape index (κ3) is 2.60. The first kappa shape index (κ1) is 13.9. The van der Waals surface area contributed by atoms with Gasteiger partial charge in [0.25, 0.3) is 0 Å². The molecule has 0 aliphatic heterocycles. The van der Waals surface area contributed by atoms with E-state index >= 15 is 0 Å². The van der Waals surface area contributed by atoms with Gasteiger partial charge >= 0.3 is 0 Å². The number of hydrogen-bond donors (Lipinski definition) is 1. The summed E-state index contributed by atoms with van der Waals surface area (Å²) in [5, 5.41) is 0. The molecule has 1 fully saturated rings. The van der Waals surface area contributed by atoms with E-state index in [2.05, 4.69) is 13.8 Å². The van der Waals surface area contributed by atoms with Crippen LogP contribution in [0.5, 0.6) is 0 Å². The fourth-order valence-corrected chi connectivity index (χ4v) is 2.70. The van der Waals surface area contributed by atoms with E-state index in [0.29, 0.717) is 6.04 Å². The van der Waals surface area contributed by atoms with E-state index in [-0.39, 0.29) is 11.3 Å². The lowest BCUT2D eigenvalue weighted by Gasteiger charge is -2.29. The zero-order chi connectivity index (χ0) is 14.0. The monoisotopic (exact) mass is 260 g/mol. The minimum absolute atomic E-state index is 0.262. The molecule has 2 N–H and O–H groups in total. The molecule has 1 aliphatic rings. The zero-order valence-electron chi connectivity index (χ0n) is 12.1. The Morgan fingerprint density at radius 3 is 2.42 bits per heavy atom. The van der Waals surface area contributed by atoms with E-state index in [1.807, 2.05) is 36.2 Å². The highest BCUT2D eigenvalue weighted by Gasteiger charge is 2.52. The Balaban J connectivity index is 2.16. The van der Waals surface area contributed by atoms with Crippen molar-refractivity contribution >= 4 is 11.6 Å². The summed E-state index contributed by atoms with van der Waals surface area (Å²) < 4.78 is 0. The van der Waals surface area contributed by atoms with Gasteiger partial charge in [-0.15, -0.1) is 0 Å². The number of hydrogen-bond acceptors (Lipinski definition) is 2. The predicted molar refractivity (Wildman–Crippen MR) is 78.9 cm³/mol. The Labute approximate surface area is 115 Å². The fraction of sp³-hybridized carbons (Fsp3) is 0.562. The van der Waals surface area contributed by atoms with Crippen LogP contribution < -0.4 is 5.73 Å². The van der Waals surface area contributed by atoms with Crippen molar-refractivity contribution < 1.29 is 4.79 Å². The molecule has 1 atom stereocenters. The summed E-state index contributed by atoms with van der Waals surface area (Å²) in [6.07, 6.45) is 4.07. The first-order chi connectivity index (χ1) is 9.01. The van der Waals surface area contributed by atoms with Gasteiger partial charge in [0.05, 0.1) is 5.41 Å². The lowest BCUT2D eigenvalue weighted by Crippen LogP contribution is -2.41. The van der Waals surface area contributed by atoms with Crippen molar-refractivity contribution in [3.05, 3.63) is 29.8 Å². The third-order valence-corrected chi connectivity index (χ3v) is 4.31. The van der Waals surface area contributed by atoms with Crippen LogP contribution in [-0.2, 0) is 10.2 Å². The topological polar surface area (TPSA) is 46.3 Å². The number of nitrogens with zero attached hydrogens (tertiary/aromatic N) is 1. The molecular weight excluding hydrogens is 236 g/mol.